The Morgan fingerprint density at radius 1 is 1.17 bits per heavy atom. The second-order valence-electron chi connectivity index (χ2n) is 7.65. The fourth-order valence-electron chi connectivity index (χ4n) is 4.00. The van der Waals surface area contributed by atoms with Crippen molar-refractivity contribution in [2.45, 2.75) is 39.2 Å². The molecule has 0 unspecified atom stereocenters. The van der Waals surface area contributed by atoms with Gasteiger partial charge in [0.1, 0.15) is 12.4 Å². The van der Waals surface area contributed by atoms with Crippen LogP contribution in [-0.2, 0) is 16.1 Å². The minimum absolute atomic E-state index is 0.162. The predicted octanol–water partition coefficient (Wildman–Crippen LogP) is 2.99. The van der Waals surface area contributed by atoms with E-state index < -0.39 is 0 Å². The van der Waals surface area contributed by atoms with Gasteiger partial charge < -0.3 is 15.4 Å². The molecule has 1 aliphatic rings. The fourth-order valence-corrected chi connectivity index (χ4v) is 4.00. The van der Waals surface area contributed by atoms with Crippen molar-refractivity contribution in [1.29, 1.82) is 0 Å². The lowest BCUT2D eigenvalue weighted by Crippen LogP contribution is -2.33. The molecule has 0 saturated heterocycles. The third-order valence-electron chi connectivity index (χ3n) is 5.47. The van der Waals surface area contributed by atoms with E-state index in [1.54, 1.807) is 7.11 Å². The molecular formula is C22H28N6O2. The summed E-state index contributed by atoms with van der Waals surface area (Å²) in [5.41, 5.74) is 2.51. The summed E-state index contributed by atoms with van der Waals surface area (Å²) < 4.78 is 7.09. The van der Waals surface area contributed by atoms with Crippen LogP contribution in [0.5, 0.6) is 0 Å². The summed E-state index contributed by atoms with van der Waals surface area (Å²) in [7, 11) is 1.62. The number of para-hydroxylation sites is 1. The second-order valence-corrected chi connectivity index (χ2v) is 7.65. The summed E-state index contributed by atoms with van der Waals surface area (Å²) in [6.45, 7) is 3.38. The number of rotatable bonds is 8. The maximum absolute atomic E-state index is 12.2. The number of hydrogen-bond acceptors (Lipinski definition) is 6. The highest BCUT2D eigenvalue weighted by Gasteiger charge is 2.22. The van der Waals surface area contributed by atoms with Crippen molar-refractivity contribution in [1.82, 2.24) is 25.1 Å². The molecule has 8 heteroatoms. The Morgan fingerprint density at radius 3 is 2.67 bits per heavy atom. The molecule has 2 aromatic heterocycles. The van der Waals surface area contributed by atoms with Crippen molar-refractivity contribution >= 4 is 22.8 Å². The first-order valence-electron chi connectivity index (χ1n) is 10.5. The standard InChI is InChI=1S/C22H28N6O2/c1-15-19-20(23-12-13-24-22(29)16-8-6-7-9-16)25-18(14-30-2)26-21(19)28(27-15)17-10-4-3-5-11-17/h3-5,10-11,16H,6-9,12-14H2,1-2H3,(H,24,29)(H,23,25,26). The van der Waals surface area contributed by atoms with Crippen molar-refractivity contribution < 1.29 is 9.53 Å². The summed E-state index contributed by atoms with van der Waals surface area (Å²) in [5, 5.41) is 12.0. The molecule has 3 aromatic rings. The first kappa shape index (κ1) is 20.3. The van der Waals surface area contributed by atoms with Crippen LogP contribution in [0.2, 0.25) is 0 Å². The number of methoxy groups -OCH3 is 1. The maximum atomic E-state index is 12.2. The van der Waals surface area contributed by atoms with Gasteiger partial charge in [-0.25, -0.2) is 14.6 Å². The minimum Gasteiger partial charge on any atom is -0.377 e. The molecule has 0 bridgehead atoms. The van der Waals surface area contributed by atoms with Gasteiger partial charge in [-0.05, 0) is 31.9 Å². The summed E-state index contributed by atoms with van der Waals surface area (Å²) in [4.78, 5) is 21.6. The Labute approximate surface area is 176 Å². The number of nitrogens with one attached hydrogen (secondary N) is 2. The number of nitrogens with zero attached hydrogens (tertiary/aromatic N) is 4. The van der Waals surface area contributed by atoms with Crippen LogP contribution in [0, 0.1) is 12.8 Å². The molecule has 1 aromatic carbocycles. The SMILES string of the molecule is COCc1nc(NCCNC(=O)C2CCCC2)c2c(C)nn(-c3ccccc3)c2n1. The van der Waals surface area contributed by atoms with Gasteiger partial charge in [-0.2, -0.15) is 5.10 Å². The van der Waals surface area contributed by atoms with Gasteiger partial charge in [-0.1, -0.05) is 31.0 Å². The minimum atomic E-state index is 0.162. The van der Waals surface area contributed by atoms with Crippen molar-refractivity contribution in [3.63, 3.8) is 0 Å². The predicted molar refractivity (Wildman–Crippen MR) is 116 cm³/mol. The van der Waals surface area contributed by atoms with Gasteiger partial charge >= 0.3 is 0 Å². The lowest BCUT2D eigenvalue weighted by atomic mass is 10.1. The molecule has 30 heavy (non-hydrogen) atoms. The highest BCUT2D eigenvalue weighted by atomic mass is 16.5. The summed E-state index contributed by atoms with van der Waals surface area (Å²) >= 11 is 0. The molecule has 4 rings (SSSR count). The number of aryl methyl sites for hydroxylation is 1. The van der Waals surface area contributed by atoms with Crippen molar-refractivity contribution in [2.75, 3.05) is 25.5 Å². The van der Waals surface area contributed by atoms with Crippen LogP contribution in [0.3, 0.4) is 0 Å². The molecule has 0 atom stereocenters. The largest absolute Gasteiger partial charge is 0.377 e. The highest BCUT2D eigenvalue weighted by Crippen LogP contribution is 2.27. The van der Waals surface area contributed by atoms with E-state index in [0.717, 1.165) is 48.1 Å². The van der Waals surface area contributed by atoms with Crippen LogP contribution in [0.4, 0.5) is 5.82 Å². The number of fused-ring (bicyclic) bond motifs is 1. The average Bonchev–Trinajstić information content (AvgIpc) is 3.41. The summed E-state index contributed by atoms with van der Waals surface area (Å²) in [6.07, 6.45) is 4.32. The number of anilines is 1. The van der Waals surface area contributed by atoms with E-state index in [0.29, 0.717) is 31.3 Å². The summed E-state index contributed by atoms with van der Waals surface area (Å²) in [5.74, 6) is 1.63. The molecule has 1 aliphatic carbocycles. The average molecular weight is 409 g/mol. The Morgan fingerprint density at radius 2 is 1.93 bits per heavy atom. The number of benzene rings is 1. The van der Waals surface area contributed by atoms with E-state index in [-0.39, 0.29) is 11.8 Å². The molecule has 0 spiro atoms. The molecule has 1 saturated carbocycles. The zero-order chi connectivity index (χ0) is 20.9. The third-order valence-corrected chi connectivity index (χ3v) is 5.47. The topological polar surface area (TPSA) is 94.0 Å². The highest BCUT2D eigenvalue weighted by molar-refractivity contribution is 5.90. The summed E-state index contributed by atoms with van der Waals surface area (Å²) in [6, 6.07) is 9.91. The number of ether oxygens (including phenoxy) is 1. The number of carbonyl (C=O) groups is 1. The van der Waals surface area contributed by atoms with Gasteiger partial charge in [-0.3, -0.25) is 4.79 Å². The van der Waals surface area contributed by atoms with Gasteiger partial charge in [0.2, 0.25) is 5.91 Å². The van der Waals surface area contributed by atoms with Crippen LogP contribution in [0.25, 0.3) is 16.7 Å². The van der Waals surface area contributed by atoms with E-state index in [1.165, 1.54) is 0 Å². The van der Waals surface area contributed by atoms with Crippen LogP contribution >= 0.6 is 0 Å². The van der Waals surface area contributed by atoms with E-state index >= 15 is 0 Å². The van der Waals surface area contributed by atoms with E-state index in [9.17, 15) is 4.79 Å². The lowest BCUT2D eigenvalue weighted by molar-refractivity contribution is -0.124. The molecule has 1 amide bonds. The Hall–Kier alpha value is -3.00. The Kier molecular flexibility index (Phi) is 6.23. The third kappa shape index (κ3) is 4.28. The molecule has 2 N–H and O–H groups in total. The van der Waals surface area contributed by atoms with Crippen molar-refractivity contribution in [3.8, 4) is 5.69 Å². The van der Waals surface area contributed by atoms with Gasteiger partial charge in [0.25, 0.3) is 0 Å². The van der Waals surface area contributed by atoms with Gasteiger partial charge in [0.05, 0.1) is 16.8 Å². The smallest absolute Gasteiger partial charge is 0.223 e. The number of aromatic nitrogens is 4. The zero-order valence-corrected chi connectivity index (χ0v) is 17.5. The van der Waals surface area contributed by atoms with Gasteiger partial charge in [-0.15, -0.1) is 0 Å². The number of carbonyl (C=O) groups excluding carboxylic acids is 1. The Balaban J connectivity index is 1.55. The molecule has 8 nitrogen and oxygen atoms in total. The van der Waals surface area contributed by atoms with Crippen LogP contribution < -0.4 is 10.6 Å². The molecule has 158 valence electrons. The van der Waals surface area contributed by atoms with E-state index in [1.807, 2.05) is 41.9 Å². The van der Waals surface area contributed by atoms with Gasteiger partial charge in [0, 0.05) is 26.1 Å². The molecule has 2 heterocycles. The Bertz CT molecular complexity index is 1010. The van der Waals surface area contributed by atoms with Crippen molar-refractivity contribution in [3.05, 3.63) is 41.9 Å². The number of hydrogen-bond donors (Lipinski definition) is 2. The molecule has 0 aliphatic heterocycles. The first-order valence-corrected chi connectivity index (χ1v) is 10.5. The molecular weight excluding hydrogens is 380 g/mol. The maximum Gasteiger partial charge on any atom is 0.223 e. The van der Waals surface area contributed by atoms with Crippen LogP contribution in [0.1, 0.15) is 37.2 Å². The van der Waals surface area contributed by atoms with Crippen molar-refractivity contribution in [2.24, 2.45) is 5.92 Å². The monoisotopic (exact) mass is 408 g/mol. The zero-order valence-electron chi connectivity index (χ0n) is 17.5. The van der Waals surface area contributed by atoms with E-state index in [4.69, 9.17) is 9.84 Å². The molecule has 0 radical (unpaired) electrons. The van der Waals surface area contributed by atoms with Crippen LogP contribution in [0.15, 0.2) is 30.3 Å². The second kappa shape index (κ2) is 9.21. The van der Waals surface area contributed by atoms with Crippen LogP contribution in [-0.4, -0.2) is 45.9 Å². The molecule has 1 fully saturated rings. The normalized spacial score (nSPS) is 14.3. The lowest BCUT2D eigenvalue weighted by Gasteiger charge is -2.12. The fraction of sp³-hybridized carbons (Fsp3) is 0.455. The van der Waals surface area contributed by atoms with E-state index in [2.05, 4.69) is 20.6 Å². The van der Waals surface area contributed by atoms with Gasteiger partial charge in [0.15, 0.2) is 11.5 Å². The number of amides is 1. The quantitative estimate of drug-likeness (QED) is 0.557. The first-order chi connectivity index (χ1) is 14.7.